The lowest BCUT2D eigenvalue weighted by atomic mass is 9.93. The standard InChI is InChI=1S/C9H19NO3/c1-5-8(11)7(10(3)4)9(12)6(2)13-5/h5-9,11-12H,1-4H3/t5-,6+,7?,8-,9+. The van der Waals surface area contributed by atoms with E-state index in [2.05, 4.69) is 0 Å². The molecule has 0 aromatic heterocycles. The number of aliphatic hydroxyl groups is 2. The molecule has 4 nitrogen and oxygen atoms in total. The number of hydrogen-bond donors (Lipinski definition) is 2. The first kappa shape index (κ1) is 10.9. The van der Waals surface area contributed by atoms with Crippen molar-refractivity contribution in [3.63, 3.8) is 0 Å². The average molecular weight is 189 g/mol. The molecule has 4 heteroatoms. The molecule has 1 fully saturated rings. The summed E-state index contributed by atoms with van der Waals surface area (Å²) in [6.45, 7) is 3.65. The van der Waals surface area contributed by atoms with Crippen molar-refractivity contribution >= 4 is 0 Å². The monoisotopic (exact) mass is 189 g/mol. The Hall–Kier alpha value is -0.160. The summed E-state index contributed by atoms with van der Waals surface area (Å²) in [4.78, 5) is 1.84. The maximum Gasteiger partial charge on any atom is 0.0979 e. The van der Waals surface area contributed by atoms with Crippen molar-refractivity contribution in [2.45, 2.75) is 44.3 Å². The van der Waals surface area contributed by atoms with Gasteiger partial charge in [0, 0.05) is 0 Å². The zero-order chi connectivity index (χ0) is 10.2. The van der Waals surface area contributed by atoms with Crippen molar-refractivity contribution in [1.29, 1.82) is 0 Å². The molecule has 0 aromatic carbocycles. The predicted molar refractivity (Wildman–Crippen MR) is 49.5 cm³/mol. The van der Waals surface area contributed by atoms with Crippen LogP contribution in [0.5, 0.6) is 0 Å². The van der Waals surface area contributed by atoms with Gasteiger partial charge in [-0.3, -0.25) is 0 Å². The third kappa shape index (κ3) is 2.02. The molecule has 2 N–H and O–H groups in total. The van der Waals surface area contributed by atoms with Crippen LogP contribution in [0.1, 0.15) is 13.8 Å². The van der Waals surface area contributed by atoms with E-state index >= 15 is 0 Å². The molecule has 1 rings (SSSR count). The van der Waals surface area contributed by atoms with Crippen LogP contribution in [-0.4, -0.2) is 59.7 Å². The van der Waals surface area contributed by atoms with E-state index in [0.717, 1.165) is 0 Å². The van der Waals surface area contributed by atoms with Crippen molar-refractivity contribution in [2.24, 2.45) is 0 Å². The highest BCUT2D eigenvalue weighted by Crippen LogP contribution is 2.23. The molecule has 13 heavy (non-hydrogen) atoms. The molecule has 1 aliphatic heterocycles. The molecule has 0 radical (unpaired) electrons. The van der Waals surface area contributed by atoms with Gasteiger partial charge in [0.2, 0.25) is 0 Å². The fraction of sp³-hybridized carbons (Fsp3) is 1.00. The van der Waals surface area contributed by atoms with Crippen LogP contribution in [0.25, 0.3) is 0 Å². The molecule has 78 valence electrons. The highest BCUT2D eigenvalue weighted by molar-refractivity contribution is 4.93. The van der Waals surface area contributed by atoms with Gasteiger partial charge in [0.1, 0.15) is 0 Å². The first-order chi connectivity index (χ1) is 5.95. The first-order valence-electron chi connectivity index (χ1n) is 4.63. The maximum atomic E-state index is 9.77. The van der Waals surface area contributed by atoms with E-state index < -0.39 is 12.2 Å². The average Bonchev–Trinajstić information content (AvgIpc) is 2.01. The predicted octanol–water partition coefficient (Wildman–Crippen LogP) is -0.554. The van der Waals surface area contributed by atoms with Gasteiger partial charge in [0.05, 0.1) is 30.5 Å². The Morgan fingerprint density at radius 3 is 1.69 bits per heavy atom. The second kappa shape index (κ2) is 3.92. The van der Waals surface area contributed by atoms with Gasteiger partial charge in [-0.2, -0.15) is 0 Å². The van der Waals surface area contributed by atoms with Gasteiger partial charge >= 0.3 is 0 Å². The van der Waals surface area contributed by atoms with Crippen molar-refractivity contribution < 1.29 is 14.9 Å². The van der Waals surface area contributed by atoms with Crippen molar-refractivity contribution in [3.05, 3.63) is 0 Å². The van der Waals surface area contributed by atoms with E-state index in [1.807, 2.05) is 32.8 Å². The highest BCUT2D eigenvalue weighted by Gasteiger charge is 2.41. The summed E-state index contributed by atoms with van der Waals surface area (Å²) < 4.78 is 5.36. The molecule has 0 saturated carbocycles. The van der Waals surface area contributed by atoms with E-state index in [4.69, 9.17) is 4.74 Å². The summed E-state index contributed by atoms with van der Waals surface area (Å²) in [5.74, 6) is 0. The fourth-order valence-electron chi connectivity index (χ4n) is 1.87. The molecule has 1 saturated heterocycles. The Labute approximate surface area is 79.1 Å². The van der Waals surface area contributed by atoms with Crippen LogP contribution >= 0.6 is 0 Å². The molecule has 1 heterocycles. The smallest absolute Gasteiger partial charge is 0.0979 e. The lowest BCUT2D eigenvalue weighted by molar-refractivity contribution is -0.189. The third-order valence-corrected chi connectivity index (χ3v) is 2.69. The number of rotatable bonds is 1. The van der Waals surface area contributed by atoms with Crippen LogP contribution in [0, 0.1) is 0 Å². The van der Waals surface area contributed by atoms with Crippen molar-refractivity contribution in [2.75, 3.05) is 14.1 Å². The molecule has 0 aromatic rings. The summed E-state index contributed by atoms with van der Waals surface area (Å²) >= 11 is 0. The van der Waals surface area contributed by atoms with E-state index in [9.17, 15) is 10.2 Å². The van der Waals surface area contributed by atoms with Crippen LogP contribution in [-0.2, 0) is 4.74 Å². The van der Waals surface area contributed by atoms with Crippen molar-refractivity contribution in [3.8, 4) is 0 Å². The summed E-state index contributed by atoms with van der Waals surface area (Å²) in [6.07, 6.45) is -1.68. The number of nitrogens with zero attached hydrogens (tertiary/aromatic N) is 1. The number of aliphatic hydroxyl groups excluding tert-OH is 2. The SMILES string of the molecule is C[C@@H]1O[C@H](C)[C@@H](O)C(N(C)C)[C@H]1O. The van der Waals surface area contributed by atoms with Gasteiger partial charge in [-0.05, 0) is 27.9 Å². The molecule has 5 atom stereocenters. The quantitative estimate of drug-likeness (QED) is 0.581. The second-order valence-corrected chi connectivity index (χ2v) is 3.98. The van der Waals surface area contributed by atoms with Crippen LogP contribution in [0.15, 0.2) is 0 Å². The zero-order valence-electron chi connectivity index (χ0n) is 8.64. The van der Waals surface area contributed by atoms with E-state index in [-0.39, 0.29) is 18.2 Å². The first-order valence-corrected chi connectivity index (χ1v) is 4.63. The summed E-state index contributed by atoms with van der Waals surface area (Å²) in [5.41, 5.74) is 0. The van der Waals surface area contributed by atoms with Crippen molar-refractivity contribution in [1.82, 2.24) is 4.90 Å². The largest absolute Gasteiger partial charge is 0.389 e. The van der Waals surface area contributed by atoms with Crippen LogP contribution in [0.2, 0.25) is 0 Å². The van der Waals surface area contributed by atoms with E-state index in [1.54, 1.807) is 0 Å². The number of hydrogen-bond acceptors (Lipinski definition) is 4. The Kier molecular flexibility index (Phi) is 3.29. The van der Waals surface area contributed by atoms with Gasteiger partial charge in [-0.25, -0.2) is 0 Å². The molecular formula is C9H19NO3. The van der Waals surface area contributed by atoms with Gasteiger partial charge in [0.25, 0.3) is 0 Å². The Morgan fingerprint density at radius 1 is 1.00 bits per heavy atom. The molecule has 1 aliphatic rings. The zero-order valence-corrected chi connectivity index (χ0v) is 8.64. The minimum atomic E-state index is -0.624. The molecule has 0 spiro atoms. The fourth-order valence-corrected chi connectivity index (χ4v) is 1.87. The lowest BCUT2D eigenvalue weighted by Gasteiger charge is -2.43. The van der Waals surface area contributed by atoms with E-state index in [0.29, 0.717) is 0 Å². The normalized spacial score (nSPS) is 46.8. The van der Waals surface area contributed by atoms with Gasteiger partial charge in [-0.1, -0.05) is 0 Å². The second-order valence-electron chi connectivity index (χ2n) is 3.98. The Bertz CT molecular complexity index is 160. The molecule has 1 unspecified atom stereocenters. The van der Waals surface area contributed by atoms with Crippen LogP contribution in [0.4, 0.5) is 0 Å². The van der Waals surface area contributed by atoms with Gasteiger partial charge < -0.3 is 19.8 Å². The molecule has 0 aliphatic carbocycles. The Balaban J connectivity index is 2.76. The lowest BCUT2D eigenvalue weighted by Crippen LogP contribution is -2.60. The number of ether oxygens (including phenoxy) is 1. The summed E-state index contributed by atoms with van der Waals surface area (Å²) in [5, 5.41) is 19.5. The molecule has 0 bridgehead atoms. The van der Waals surface area contributed by atoms with Crippen LogP contribution in [0.3, 0.4) is 0 Å². The molecule has 0 amide bonds. The Morgan fingerprint density at radius 2 is 1.38 bits per heavy atom. The number of likely N-dealkylation sites (N-methyl/N-ethyl adjacent to an activating group) is 1. The summed E-state index contributed by atoms with van der Waals surface area (Å²) in [6, 6.07) is -0.237. The maximum absolute atomic E-state index is 9.77. The third-order valence-electron chi connectivity index (χ3n) is 2.69. The summed E-state index contributed by atoms with van der Waals surface area (Å²) in [7, 11) is 3.70. The topological polar surface area (TPSA) is 52.9 Å². The van der Waals surface area contributed by atoms with Crippen LogP contribution < -0.4 is 0 Å². The highest BCUT2D eigenvalue weighted by atomic mass is 16.5. The molecular weight excluding hydrogens is 170 g/mol. The minimum Gasteiger partial charge on any atom is -0.389 e. The van der Waals surface area contributed by atoms with Gasteiger partial charge in [-0.15, -0.1) is 0 Å². The van der Waals surface area contributed by atoms with Gasteiger partial charge in [0.15, 0.2) is 0 Å². The van der Waals surface area contributed by atoms with E-state index in [1.165, 1.54) is 0 Å². The minimum absolute atomic E-state index is 0.217.